The van der Waals surface area contributed by atoms with Crippen LogP contribution in [0, 0.1) is 0 Å². The van der Waals surface area contributed by atoms with Gasteiger partial charge in [0.1, 0.15) is 5.75 Å². The first-order valence-corrected chi connectivity index (χ1v) is 9.37. The molecule has 0 spiro atoms. The van der Waals surface area contributed by atoms with Crippen LogP contribution in [0.25, 0.3) is 0 Å². The maximum absolute atomic E-state index is 12.7. The first-order chi connectivity index (χ1) is 12.8. The number of anilines is 1. The topological polar surface area (TPSA) is 108 Å². The molecular formula is C18H19NO7S. The van der Waals surface area contributed by atoms with Crippen molar-refractivity contribution in [2.75, 3.05) is 25.5 Å². The van der Waals surface area contributed by atoms with Crippen molar-refractivity contribution in [1.82, 2.24) is 0 Å². The van der Waals surface area contributed by atoms with Crippen LogP contribution in [0.15, 0.2) is 47.4 Å². The molecule has 0 heterocycles. The number of rotatable bonds is 7. The van der Waals surface area contributed by atoms with Gasteiger partial charge < -0.3 is 14.2 Å². The summed E-state index contributed by atoms with van der Waals surface area (Å²) in [6.45, 7) is 2.27. The van der Waals surface area contributed by atoms with E-state index in [-0.39, 0.29) is 21.7 Å². The first-order valence-electron chi connectivity index (χ1n) is 7.88. The second kappa shape index (κ2) is 8.54. The molecule has 27 heavy (non-hydrogen) atoms. The zero-order valence-corrected chi connectivity index (χ0v) is 15.8. The highest BCUT2D eigenvalue weighted by molar-refractivity contribution is 7.92. The molecule has 144 valence electrons. The number of benzene rings is 2. The maximum atomic E-state index is 12.7. The minimum Gasteiger partial charge on any atom is -0.494 e. The number of ether oxygens (including phenoxy) is 3. The molecule has 0 aliphatic rings. The van der Waals surface area contributed by atoms with Crippen molar-refractivity contribution in [3.63, 3.8) is 0 Å². The van der Waals surface area contributed by atoms with Gasteiger partial charge in [0, 0.05) is 0 Å². The van der Waals surface area contributed by atoms with E-state index in [0.29, 0.717) is 12.4 Å². The van der Waals surface area contributed by atoms with Gasteiger partial charge in [-0.05, 0) is 49.4 Å². The molecule has 8 nitrogen and oxygen atoms in total. The summed E-state index contributed by atoms with van der Waals surface area (Å²) in [7, 11) is -1.66. The smallest absolute Gasteiger partial charge is 0.339 e. The summed E-state index contributed by atoms with van der Waals surface area (Å²) < 4.78 is 42.2. The summed E-state index contributed by atoms with van der Waals surface area (Å²) >= 11 is 0. The molecule has 0 aliphatic carbocycles. The molecule has 0 unspecified atom stereocenters. The van der Waals surface area contributed by atoms with E-state index in [0.717, 1.165) is 0 Å². The second-order valence-electron chi connectivity index (χ2n) is 5.25. The Kier molecular flexibility index (Phi) is 6.40. The summed E-state index contributed by atoms with van der Waals surface area (Å²) in [6, 6.07) is 9.62. The molecule has 0 aromatic heterocycles. The fourth-order valence-corrected chi connectivity index (χ4v) is 3.32. The van der Waals surface area contributed by atoms with Crippen LogP contribution in [0.5, 0.6) is 5.75 Å². The minimum absolute atomic E-state index is 0.0368. The summed E-state index contributed by atoms with van der Waals surface area (Å²) in [4.78, 5) is 23.6. The van der Waals surface area contributed by atoms with Gasteiger partial charge in [-0.1, -0.05) is 0 Å². The van der Waals surface area contributed by atoms with Crippen molar-refractivity contribution < 1.29 is 32.2 Å². The van der Waals surface area contributed by atoms with Crippen LogP contribution in [0.3, 0.4) is 0 Å². The molecule has 0 atom stereocenters. The summed E-state index contributed by atoms with van der Waals surface area (Å²) in [5, 5.41) is 0. The van der Waals surface area contributed by atoms with E-state index in [1.54, 1.807) is 0 Å². The van der Waals surface area contributed by atoms with Gasteiger partial charge in [-0.2, -0.15) is 0 Å². The normalized spacial score (nSPS) is 10.8. The van der Waals surface area contributed by atoms with Crippen molar-refractivity contribution in [3.05, 3.63) is 53.6 Å². The number of hydrogen-bond donors (Lipinski definition) is 1. The number of methoxy groups -OCH3 is 2. The third kappa shape index (κ3) is 4.76. The number of carbonyl (C=O) groups is 2. The van der Waals surface area contributed by atoms with E-state index >= 15 is 0 Å². The van der Waals surface area contributed by atoms with Crippen LogP contribution in [0.1, 0.15) is 27.6 Å². The van der Waals surface area contributed by atoms with Gasteiger partial charge in [0.15, 0.2) is 0 Å². The van der Waals surface area contributed by atoms with E-state index in [1.165, 1.54) is 56.7 Å². The second-order valence-corrected chi connectivity index (χ2v) is 6.94. The van der Waals surface area contributed by atoms with Crippen LogP contribution in [0.4, 0.5) is 5.69 Å². The molecule has 2 aromatic rings. The Labute approximate surface area is 157 Å². The molecule has 2 rings (SSSR count). The summed E-state index contributed by atoms with van der Waals surface area (Å²) in [5.74, 6) is -0.900. The molecule has 2 aromatic carbocycles. The lowest BCUT2D eigenvalue weighted by molar-refractivity contribution is 0.0587. The standard InChI is InChI=1S/C18H19NO7S/c1-4-26-13-6-8-14(9-7-13)27(22,23)19-16-11-12(17(20)24-2)5-10-15(16)18(21)25-3/h5-11,19H,4H2,1-3H3. The zero-order valence-electron chi connectivity index (χ0n) is 15.0. The third-order valence-corrected chi connectivity index (χ3v) is 4.92. The molecule has 0 amide bonds. The number of sulfonamides is 1. The van der Waals surface area contributed by atoms with Gasteiger partial charge in [0.05, 0.1) is 42.5 Å². The average Bonchev–Trinajstić information content (AvgIpc) is 2.67. The van der Waals surface area contributed by atoms with Crippen molar-refractivity contribution in [2.45, 2.75) is 11.8 Å². The number of nitrogens with one attached hydrogen (secondary N) is 1. The van der Waals surface area contributed by atoms with Crippen LogP contribution in [-0.2, 0) is 19.5 Å². The monoisotopic (exact) mass is 393 g/mol. The highest BCUT2D eigenvalue weighted by Crippen LogP contribution is 2.24. The lowest BCUT2D eigenvalue weighted by Gasteiger charge is -2.13. The fraction of sp³-hybridized carbons (Fsp3) is 0.222. The minimum atomic E-state index is -4.02. The van der Waals surface area contributed by atoms with Gasteiger partial charge in [0.2, 0.25) is 0 Å². The summed E-state index contributed by atoms with van der Waals surface area (Å²) in [6.07, 6.45) is 0. The van der Waals surface area contributed by atoms with Gasteiger partial charge in [-0.25, -0.2) is 18.0 Å². The highest BCUT2D eigenvalue weighted by atomic mass is 32.2. The SMILES string of the molecule is CCOc1ccc(S(=O)(=O)Nc2cc(C(=O)OC)ccc2C(=O)OC)cc1. The van der Waals surface area contributed by atoms with Crippen LogP contribution in [-0.4, -0.2) is 41.2 Å². The predicted octanol–water partition coefficient (Wildman–Crippen LogP) is 2.46. The summed E-state index contributed by atoms with van der Waals surface area (Å²) in [5.41, 5.74) is -0.0622. The predicted molar refractivity (Wildman–Crippen MR) is 97.5 cm³/mol. The van der Waals surface area contributed by atoms with Crippen LogP contribution < -0.4 is 9.46 Å². The third-order valence-electron chi connectivity index (χ3n) is 3.54. The number of carbonyl (C=O) groups excluding carboxylic acids is 2. The Morgan fingerprint density at radius 1 is 0.963 bits per heavy atom. The lowest BCUT2D eigenvalue weighted by atomic mass is 10.1. The quantitative estimate of drug-likeness (QED) is 0.720. The number of hydrogen-bond acceptors (Lipinski definition) is 7. The lowest BCUT2D eigenvalue weighted by Crippen LogP contribution is -2.17. The van der Waals surface area contributed by atoms with Gasteiger partial charge in [-0.15, -0.1) is 0 Å². The van der Waals surface area contributed by atoms with Crippen LogP contribution >= 0.6 is 0 Å². The Morgan fingerprint density at radius 2 is 1.59 bits per heavy atom. The molecule has 1 N–H and O–H groups in total. The van der Waals surface area contributed by atoms with E-state index in [2.05, 4.69) is 14.2 Å². The zero-order chi connectivity index (χ0) is 20.0. The van der Waals surface area contributed by atoms with Gasteiger partial charge >= 0.3 is 11.9 Å². The van der Waals surface area contributed by atoms with Crippen molar-refractivity contribution in [1.29, 1.82) is 0 Å². The van der Waals surface area contributed by atoms with Gasteiger partial charge in [0.25, 0.3) is 10.0 Å². The first kappa shape index (κ1) is 20.2. The van der Waals surface area contributed by atoms with Crippen LogP contribution in [0.2, 0.25) is 0 Å². The number of esters is 2. The van der Waals surface area contributed by atoms with E-state index in [1.807, 2.05) is 6.92 Å². The maximum Gasteiger partial charge on any atom is 0.339 e. The fourth-order valence-electron chi connectivity index (χ4n) is 2.25. The Hall–Kier alpha value is -3.07. The van der Waals surface area contributed by atoms with Crippen molar-refractivity contribution in [2.24, 2.45) is 0 Å². The van der Waals surface area contributed by atoms with Crippen molar-refractivity contribution >= 4 is 27.6 Å². The molecule has 9 heteroatoms. The molecule has 0 saturated heterocycles. The molecule has 0 saturated carbocycles. The molecule has 0 fully saturated rings. The van der Waals surface area contributed by atoms with E-state index in [9.17, 15) is 18.0 Å². The average molecular weight is 393 g/mol. The molecule has 0 bridgehead atoms. The van der Waals surface area contributed by atoms with E-state index in [4.69, 9.17) is 4.74 Å². The van der Waals surface area contributed by atoms with E-state index < -0.39 is 22.0 Å². The molecule has 0 aliphatic heterocycles. The Bertz CT molecular complexity index is 937. The largest absolute Gasteiger partial charge is 0.494 e. The highest BCUT2D eigenvalue weighted by Gasteiger charge is 2.21. The molecular weight excluding hydrogens is 374 g/mol. The Balaban J connectivity index is 2.43. The van der Waals surface area contributed by atoms with Crippen molar-refractivity contribution in [3.8, 4) is 5.75 Å². The van der Waals surface area contributed by atoms with Gasteiger partial charge in [-0.3, -0.25) is 4.72 Å². The molecule has 0 radical (unpaired) electrons. The Morgan fingerprint density at radius 3 is 2.15 bits per heavy atom.